The highest BCUT2D eigenvalue weighted by atomic mass is 19.4. The third-order valence-corrected chi connectivity index (χ3v) is 1.44. The largest absolute Gasteiger partial charge is 0.406 e. The summed E-state index contributed by atoms with van der Waals surface area (Å²) in [6.07, 6.45) is -4.42. The molecule has 0 unspecified atom stereocenters. The van der Waals surface area contributed by atoms with E-state index in [1.54, 1.807) is 0 Å². The molecule has 0 aliphatic heterocycles. The van der Waals surface area contributed by atoms with Gasteiger partial charge in [0.15, 0.2) is 0 Å². The molecule has 0 aliphatic carbocycles. The van der Waals surface area contributed by atoms with E-state index in [4.69, 9.17) is 10.8 Å². The Bertz CT molecular complexity index is 314. The molecule has 6 nitrogen and oxygen atoms in total. The molecule has 0 spiro atoms. The second-order valence-electron chi connectivity index (χ2n) is 2.68. The lowest BCUT2D eigenvalue weighted by Gasteiger charge is -2.20. The minimum absolute atomic E-state index is 0.263. The molecule has 1 heterocycles. The molecule has 3 N–H and O–H groups in total. The van der Waals surface area contributed by atoms with Crippen LogP contribution in [-0.2, 0) is 0 Å². The van der Waals surface area contributed by atoms with E-state index >= 15 is 0 Å². The van der Waals surface area contributed by atoms with Gasteiger partial charge in [0, 0.05) is 6.54 Å². The number of aliphatic hydroxyl groups excluding tert-OH is 1. The summed E-state index contributed by atoms with van der Waals surface area (Å²) in [6, 6.07) is -0.686. The Morgan fingerprint density at radius 3 is 2.47 bits per heavy atom. The molecule has 1 aromatic heterocycles. The highest BCUT2D eigenvalue weighted by Crippen LogP contribution is 2.21. The van der Waals surface area contributed by atoms with Gasteiger partial charge in [0.25, 0.3) is 0 Å². The molecular formula is C6H9F3N4O2. The van der Waals surface area contributed by atoms with Crippen LogP contribution >= 0.6 is 0 Å². The molecule has 1 rings (SSSR count). The van der Waals surface area contributed by atoms with Gasteiger partial charge in [0.2, 0.25) is 0 Å². The van der Waals surface area contributed by atoms with E-state index < -0.39 is 19.3 Å². The fourth-order valence-electron chi connectivity index (χ4n) is 0.934. The molecule has 0 atom stereocenters. The Hall–Kier alpha value is -1.51. The van der Waals surface area contributed by atoms with Gasteiger partial charge in [-0.05, 0) is 0 Å². The Labute approximate surface area is 82.5 Å². The number of alkyl halides is 3. The van der Waals surface area contributed by atoms with E-state index in [-0.39, 0.29) is 18.6 Å². The van der Waals surface area contributed by atoms with Crippen molar-refractivity contribution in [2.24, 2.45) is 0 Å². The standard InChI is InChI=1S/C6H9F3N4O2/c7-6(8,9)3-13(1-2-14)5-12-11-4(10)15-5/h14H,1-3H2,(H2,10,11). The normalized spacial score (nSPS) is 11.7. The molecule has 0 aromatic carbocycles. The maximum Gasteiger partial charge on any atom is 0.406 e. The number of halogens is 3. The summed E-state index contributed by atoms with van der Waals surface area (Å²) in [5.74, 6) is 0. The zero-order valence-electron chi connectivity index (χ0n) is 7.53. The van der Waals surface area contributed by atoms with E-state index in [1.165, 1.54) is 0 Å². The second-order valence-corrected chi connectivity index (χ2v) is 2.68. The predicted molar refractivity (Wildman–Crippen MR) is 44.1 cm³/mol. The van der Waals surface area contributed by atoms with E-state index in [1.807, 2.05) is 0 Å². The summed E-state index contributed by atoms with van der Waals surface area (Å²) >= 11 is 0. The van der Waals surface area contributed by atoms with Gasteiger partial charge in [-0.1, -0.05) is 10.2 Å². The maximum atomic E-state index is 12.1. The number of hydrogen-bond donors (Lipinski definition) is 2. The van der Waals surface area contributed by atoms with Crippen LogP contribution in [0.3, 0.4) is 0 Å². The van der Waals surface area contributed by atoms with Crippen LogP contribution in [0.1, 0.15) is 0 Å². The summed E-state index contributed by atoms with van der Waals surface area (Å²) in [6.45, 7) is -2.01. The van der Waals surface area contributed by atoms with Crippen LogP contribution in [0.2, 0.25) is 0 Å². The van der Waals surface area contributed by atoms with E-state index in [9.17, 15) is 13.2 Å². The monoisotopic (exact) mass is 226 g/mol. The zero-order chi connectivity index (χ0) is 11.5. The number of nitrogens with zero attached hydrogens (tertiary/aromatic N) is 3. The quantitative estimate of drug-likeness (QED) is 0.752. The van der Waals surface area contributed by atoms with Crippen molar-refractivity contribution < 1.29 is 22.7 Å². The fraction of sp³-hybridized carbons (Fsp3) is 0.667. The summed E-state index contributed by atoms with van der Waals surface area (Å²) in [4.78, 5) is 0.698. The first-order valence-electron chi connectivity index (χ1n) is 3.94. The first kappa shape index (κ1) is 11.6. The summed E-state index contributed by atoms with van der Waals surface area (Å²) < 4.78 is 40.8. The van der Waals surface area contributed by atoms with Crippen molar-refractivity contribution >= 4 is 12.0 Å². The number of aliphatic hydroxyl groups is 1. The topological polar surface area (TPSA) is 88.4 Å². The lowest BCUT2D eigenvalue weighted by molar-refractivity contribution is -0.120. The first-order valence-corrected chi connectivity index (χ1v) is 3.94. The van der Waals surface area contributed by atoms with Crippen LogP contribution in [0, 0.1) is 0 Å². The summed E-state index contributed by atoms with van der Waals surface area (Å²) in [5.41, 5.74) is 5.07. The second kappa shape index (κ2) is 4.34. The van der Waals surface area contributed by atoms with Crippen molar-refractivity contribution in [3.63, 3.8) is 0 Å². The van der Waals surface area contributed by atoms with Gasteiger partial charge in [-0.15, -0.1) is 0 Å². The number of rotatable bonds is 4. The highest BCUT2D eigenvalue weighted by molar-refractivity contribution is 5.27. The molecular weight excluding hydrogens is 217 g/mol. The molecule has 86 valence electrons. The van der Waals surface area contributed by atoms with Crippen molar-refractivity contribution in [3.8, 4) is 0 Å². The maximum absolute atomic E-state index is 12.1. The number of aromatic nitrogens is 2. The van der Waals surface area contributed by atoms with E-state index in [0.29, 0.717) is 4.90 Å². The first-order chi connectivity index (χ1) is 6.92. The van der Waals surface area contributed by atoms with Crippen molar-refractivity contribution in [1.29, 1.82) is 0 Å². The van der Waals surface area contributed by atoms with E-state index in [2.05, 4.69) is 14.6 Å². The lowest BCUT2D eigenvalue weighted by Crippen LogP contribution is -2.36. The molecule has 15 heavy (non-hydrogen) atoms. The van der Waals surface area contributed by atoms with Gasteiger partial charge >= 0.3 is 18.2 Å². The molecule has 0 saturated carbocycles. The Morgan fingerprint density at radius 1 is 1.40 bits per heavy atom. The van der Waals surface area contributed by atoms with Crippen LogP contribution in [0.25, 0.3) is 0 Å². The smallest absolute Gasteiger partial charge is 0.395 e. The molecule has 1 aromatic rings. The van der Waals surface area contributed by atoms with Gasteiger partial charge < -0.3 is 20.2 Å². The fourth-order valence-corrected chi connectivity index (χ4v) is 0.934. The molecule has 0 saturated heterocycles. The molecule has 0 fully saturated rings. The zero-order valence-corrected chi connectivity index (χ0v) is 7.53. The highest BCUT2D eigenvalue weighted by Gasteiger charge is 2.32. The third kappa shape index (κ3) is 3.62. The van der Waals surface area contributed by atoms with Crippen LogP contribution in [0.4, 0.5) is 25.2 Å². The van der Waals surface area contributed by atoms with Gasteiger partial charge in [-0.3, -0.25) is 0 Å². The van der Waals surface area contributed by atoms with Gasteiger partial charge in [0.1, 0.15) is 6.54 Å². The van der Waals surface area contributed by atoms with Crippen LogP contribution in [0.5, 0.6) is 0 Å². The Morgan fingerprint density at radius 2 is 2.07 bits per heavy atom. The average Bonchev–Trinajstić information content (AvgIpc) is 2.48. The SMILES string of the molecule is Nc1nnc(N(CCO)CC(F)(F)F)o1. The molecule has 0 aliphatic rings. The average molecular weight is 226 g/mol. The van der Waals surface area contributed by atoms with Crippen molar-refractivity contribution in [2.45, 2.75) is 6.18 Å². The van der Waals surface area contributed by atoms with Crippen LogP contribution in [-0.4, -0.2) is 41.2 Å². The molecule has 0 bridgehead atoms. The Balaban J connectivity index is 2.74. The van der Waals surface area contributed by atoms with Gasteiger partial charge in [-0.2, -0.15) is 13.2 Å². The van der Waals surface area contributed by atoms with Crippen LogP contribution < -0.4 is 10.6 Å². The number of nitrogen functional groups attached to an aromatic ring is 1. The number of anilines is 2. The molecule has 0 radical (unpaired) electrons. The van der Waals surface area contributed by atoms with E-state index in [0.717, 1.165) is 0 Å². The van der Waals surface area contributed by atoms with Crippen molar-refractivity contribution in [3.05, 3.63) is 0 Å². The van der Waals surface area contributed by atoms with Gasteiger partial charge in [0.05, 0.1) is 6.61 Å². The minimum Gasteiger partial charge on any atom is -0.395 e. The Kier molecular flexibility index (Phi) is 3.35. The molecule has 9 heteroatoms. The van der Waals surface area contributed by atoms with Gasteiger partial charge in [-0.25, -0.2) is 0 Å². The number of hydrogen-bond acceptors (Lipinski definition) is 6. The van der Waals surface area contributed by atoms with Crippen molar-refractivity contribution in [2.75, 3.05) is 30.3 Å². The van der Waals surface area contributed by atoms with Crippen molar-refractivity contribution in [1.82, 2.24) is 10.2 Å². The van der Waals surface area contributed by atoms with Crippen LogP contribution in [0.15, 0.2) is 4.42 Å². The minimum atomic E-state index is -4.42. The third-order valence-electron chi connectivity index (χ3n) is 1.44. The lowest BCUT2D eigenvalue weighted by atomic mass is 10.5. The summed E-state index contributed by atoms with van der Waals surface area (Å²) in [5, 5.41) is 15.1. The predicted octanol–water partition coefficient (Wildman–Crippen LogP) is 0.0128. The summed E-state index contributed by atoms with van der Waals surface area (Å²) in [7, 11) is 0. The number of nitrogens with two attached hydrogens (primary N) is 1. The molecule has 0 amide bonds.